The normalized spacial score (nSPS) is 14.9. The van der Waals surface area contributed by atoms with Crippen molar-refractivity contribution in [2.75, 3.05) is 13.6 Å². The number of carbonyl (C=O) groups excluding carboxylic acids is 2. The van der Waals surface area contributed by atoms with Crippen molar-refractivity contribution in [3.63, 3.8) is 0 Å². The van der Waals surface area contributed by atoms with Crippen molar-refractivity contribution in [3.05, 3.63) is 101 Å². The van der Waals surface area contributed by atoms with E-state index in [1.54, 1.807) is 29.2 Å². The summed E-state index contributed by atoms with van der Waals surface area (Å²) in [5, 5.41) is 3.22. The van der Waals surface area contributed by atoms with Crippen LogP contribution in [0, 0.1) is 13.8 Å². The summed E-state index contributed by atoms with van der Waals surface area (Å²) in [5.74, 6) is -0.629. The summed E-state index contributed by atoms with van der Waals surface area (Å²) in [6.07, 6.45) is 5.48. The molecule has 0 aromatic heterocycles. The fourth-order valence-electron chi connectivity index (χ4n) is 5.36. The number of likely N-dealkylation sites (N-methyl/N-ethyl adjacent to an activating group) is 1. The van der Waals surface area contributed by atoms with E-state index >= 15 is 0 Å². The first-order valence-electron chi connectivity index (χ1n) is 14.4. The molecule has 1 aliphatic carbocycles. The summed E-state index contributed by atoms with van der Waals surface area (Å²) in [4.78, 5) is 29.6. The Labute approximate surface area is 244 Å². The molecule has 3 aromatic carbocycles. The summed E-state index contributed by atoms with van der Waals surface area (Å²) in [6.45, 7) is 3.67. The molecule has 2 amide bonds. The average Bonchev–Trinajstić information content (AvgIpc) is 2.96. The van der Waals surface area contributed by atoms with Crippen molar-refractivity contribution in [2.45, 2.75) is 75.9 Å². The maximum Gasteiger partial charge on any atom is 0.243 e. The number of rotatable bonds is 11. The number of nitrogens with one attached hydrogen (secondary N) is 1. The van der Waals surface area contributed by atoms with Crippen molar-refractivity contribution < 1.29 is 18.0 Å². The second-order valence-electron chi connectivity index (χ2n) is 11.1. The maximum absolute atomic E-state index is 14.0. The van der Waals surface area contributed by atoms with Crippen LogP contribution < -0.4 is 5.32 Å². The number of benzene rings is 3. The summed E-state index contributed by atoms with van der Waals surface area (Å²) < 4.78 is 27.7. The third kappa shape index (κ3) is 8.27. The second kappa shape index (κ2) is 13.9. The standard InChI is InChI=1S/C33H41N3O4S/c1-25-17-19-30(20-18-25)41(39,40)35(3)24-32(37)36(23-28-14-10-11-26(2)21-28)31(22-27-12-6-4-7-13-27)33(38)34-29-15-8-5-9-16-29/h4,6-7,10-14,17-21,29,31H,5,8-9,15-16,22-24H2,1-3H3,(H,34,38). The number of carbonyl (C=O) groups is 2. The molecule has 0 radical (unpaired) electrons. The molecule has 8 heteroatoms. The summed E-state index contributed by atoms with van der Waals surface area (Å²) in [7, 11) is -2.50. The van der Waals surface area contributed by atoms with Crippen molar-refractivity contribution in [3.8, 4) is 0 Å². The molecule has 0 bridgehead atoms. The van der Waals surface area contributed by atoms with Gasteiger partial charge in [-0.1, -0.05) is 97.1 Å². The van der Waals surface area contributed by atoms with Crippen LogP contribution in [0.4, 0.5) is 0 Å². The van der Waals surface area contributed by atoms with E-state index in [-0.39, 0.29) is 29.9 Å². The number of hydrogen-bond acceptors (Lipinski definition) is 4. The fraction of sp³-hybridized carbons (Fsp3) is 0.394. The lowest BCUT2D eigenvalue weighted by atomic mass is 9.94. The van der Waals surface area contributed by atoms with Crippen LogP contribution in [0.2, 0.25) is 0 Å². The topological polar surface area (TPSA) is 86.8 Å². The van der Waals surface area contributed by atoms with Gasteiger partial charge in [-0.2, -0.15) is 4.31 Å². The molecule has 41 heavy (non-hydrogen) atoms. The molecule has 0 aliphatic heterocycles. The fourth-order valence-corrected chi connectivity index (χ4v) is 6.48. The highest BCUT2D eigenvalue weighted by Crippen LogP contribution is 2.21. The number of hydrogen-bond donors (Lipinski definition) is 1. The van der Waals surface area contributed by atoms with Crippen molar-refractivity contribution in [1.29, 1.82) is 0 Å². The minimum atomic E-state index is -3.91. The van der Waals surface area contributed by atoms with Crippen molar-refractivity contribution >= 4 is 21.8 Å². The summed E-state index contributed by atoms with van der Waals surface area (Å²) in [6, 6.07) is 23.3. The van der Waals surface area contributed by atoms with Gasteiger partial charge in [0.15, 0.2) is 0 Å². The van der Waals surface area contributed by atoms with Gasteiger partial charge in [0, 0.05) is 26.1 Å². The Morgan fingerprint density at radius 2 is 1.51 bits per heavy atom. The van der Waals surface area contributed by atoms with Gasteiger partial charge < -0.3 is 10.2 Å². The molecule has 0 saturated heterocycles. The lowest BCUT2D eigenvalue weighted by Crippen LogP contribution is -2.54. The van der Waals surface area contributed by atoms with E-state index in [4.69, 9.17) is 0 Å². The predicted molar refractivity (Wildman–Crippen MR) is 162 cm³/mol. The highest BCUT2D eigenvalue weighted by atomic mass is 32.2. The van der Waals surface area contributed by atoms with E-state index in [9.17, 15) is 18.0 Å². The molecule has 1 fully saturated rings. The minimum Gasteiger partial charge on any atom is -0.352 e. The van der Waals surface area contributed by atoms with E-state index in [1.807, 2.05) is 68.4 Å². The smallest absolute Gasteiger partial charge is 0.243 e. The molecule has 1 atom stereocenters. The Morgan fingerprint density at radius 3 is 2.17 bits per heavy atom. The second-order valence-corrected chi connectivity index (χ2v) is 13.2. The van der Waals surface area contributed by atoms with E-state index in [0.717, 1.165) is 52.2 Å². The lowest BCUT2D eigenvalue weighted by molar-refractivity contribution is -0.141. The first-order chi connectivity index (χ1) is 19.6. The molecule has 1 N–H and O–H groups in total. The first-order valence-corrected chi connectivity index (χ1v) is 15.8. The third-order valence-corrected chi connectivity index (χ3v) is 9.56. The van der Waals surface area contributed by atoms with Crippen LogP contribution in [0.3, 0.4) is 0 Å². The van der Waals surface area contributed by atoms with Gasteiger partial charge in [-0.05, 0) is 49.9 Å². The molecule has 0 spiro atoms. The van der Waals surface area contributed by atoms with Gasteiger partial charge in [0.1, 0.15) is 6.04 Å². The van der Waals surface area contributed by atoms with E-state index in [2.05, 4.69) is 5.32 Å². The SMILES string of the molecule is Cc1ccc(S(=O)(=O)N(C)CC(=O)N(Cc2cccc(C)c2)C(Cc2ccccc2)C(=O)NC2CCCCC2)cc1. The Morgan fingerprint density at radius 1 is 0.854 bits per heavy atom. The Kier molecular flexibility index (Phi) is 10.3. The van der Waals surface area contributed by atoms with E-state index < -0.39 is 22.0 Å². The van der Waals surface area contributed by atoms with E-state index in [0.29, 0.717) is 6.42 Å². The van der Waals surface area contributed by atoms with Gasteiger partial charge in [0.05, 0.1) is 11.4 Å². The monoisotopic (exact) mass is 575 g/mol. The van der Waals surface area contributed by atoms with Crippen LogP contribution in [0.25, 0.3) is 0 Å². The molecule has 1 aliphatic rings. The van der Waals surface area contributed by atoms with Gasteiger partial charge in [-0.25, -0.2) is 8.42 Å². The van der Waals surface area contributed by atoms with Gasteiger partial charge in [0.2, 0.25) is 21.8 Å². The van der Waals surface area contributed by atoms with Crippen LogP contribution in [0.15, 0.2) is 83.8 Å². The zero-order valence-corrected chi connectivity index (χ0v) is 25.1. The highest BCUT2D eigenvalue weighted by Gasteiger charge is 2.34. The number of amides is 2. The zero-order valence-electron chi connectivity index (χ0n) is 24.3. The largest absolute Gasteiger partial charge is 0.352 e. The van der Waals surface area contributed by atoms with E-state index in [1.165, 1.54) is 13.5 Å². The predicted octanol–water partition coefficient (Wildman–Crippen LogP) is 5.01. The van der Waals surface area contributed by atoms with Crippen LogP contribution in [0.1, 0.15) is 54.4 Å². The maximum atomic E-state index is 14.0. The molecule has 7 nitrogen and oxygen atoms in total. The molecule has 0 heterocycles. The quantitative estimate of drug-likeness (QED) is 0.348. The van der Waals surface area contributed by atoms with Gasteiger partial charge in [0.25, 0.3) is 0 Å². The Hall–Kier alpha value is -3.49. The van der Waals surface area contributed by atoms with Gasteiger partial charge in [-0.3, -0.25) is 9.59 Å². The summed E-state index contributed by atoms with van der Waals surface area (Å²) >= 11 is 0. The molecule has 4 rings (SSSR count). The third-order valence-electron chi connectivity index (χ3n) is 7.75. The number of aryl methyl sites for hydroxylation is 2. The average molecular weight is 576 g/mol. The van der Waals surface area contributed by atoms with Gasteiger partial charge >= 0.3 is 0 Å². The number of nitrogens with zero attached hydrogens (tertiary/aromatic N) is 2. The minimum absolute atomic E-state index is 0.0787. The molecular weight excluding hydrogens is 534 g/mol. The molecular formula is C33H41N3O4S. The summed E-state index contributed by atoms with van der Waals surface area (Å²) in [5.41, 5.74) is 3.80. The highest BCUT2D eigenvalue weighted by molar-refractivity contribution is 7.89. The molecule has 3 aromatic rings. The van der Waals surface area contributed by atoms with Crippen LogP contribution in [0.5, 0.6) is 0 Å². The van der Waals surface area contributed by atoms with Crippen LogP contribution in [-0.2, 0) is 32.6 Å². The molecule has 218 valence electrons. The van der Waals surface area contributed by atoms with Crippen LogP contribution >= 0.6 is 0 Å². The zero-order chi connectivity index (χ0) is 29.4. The number of sulfonamides is 1. The molecule has 1 unspecified atom stereocenters. The Bertz CT molecular complexity index is 1420. The molecule has 1 saturated carbocycles. The van der Waals surface area contributed by atoms with Crippen molar-refractivity contribution in [1.82, 2.24) is 14.5 Å². The lowest BCUT2D eigenvalue weighted by Gasteiger charge is -2.34. The first kappa shape index (κ1) is 30.5. The van der Waals surface area contributed by atoms with Crippen molar-refractivity contribution in [2.24, 2.45) is 0 Å². The van der Waals surface area contributed by atoms with Gasteiger partial charge in [-0.15, -0.1) is 0 Å². The van der Waals surface area contributed by atoms with Crippen LogP contribution in [-0.4, -0.2) is 55.1 Å². The Balaban J connectivity index is 1.66.